The molecule has 0 rings (SSSR count). The van der Waals surface area contributed by atoms with E-state index in [1.54, 1.807) is 0 Å². The number of esters is 1. The first-order valence-electron chi connectivity index (χ1n) is 5.06. The highest BCUT2D eigenvalue weighted by atomic mass is 19.4. The van der Waals surface area contributed by atoms with Crippen LogP contribution in [0.25, 0.3) is 0 Å². The van der Waals surface area contributed by atoms with E-state index < -0.39 is 42.8 Å². The number of alkyl halides is 9. The number of ether oxygens (including phenoxy) is 1. The zero-order valence-electron chi connectivity index (χ0n) is 9.84. The molecule has 0 aliphatic heterocycles. The maximum Gasteiger partial charge on any atom is 0.457 e. The van der Waals surface area contributed by atoms with Crippen LogP contribution in [-0.4, -0.2) is 36.5 Å². The molecule has 2 nitrogen and oxygen atoms in total. The average molecular weight is 320 g/mol. The van der Waals surface area contributed by atoms with Crippen molar-refractivity contribution >= 4 is 5.97 Å². The maximum absolute atomic E-state index is 13.4. The van der Waals surface area contributed by atoms with Crippen molar-refractivity contribution in [2.75, 3.05) is 6.61 Å². The standard InChI is InChI=1S/C9H9F9O2/c1-2-20-5(19)3-4-6(10,8(13,14)15)7(11,12)9(16,17)18/h2-4H2,1H3. The third-order valence-electron chi connectivity index (χ3n) is 2.28. The van der Waals surface area contributed by atoms with E-state index in [2.05, 4.69) is 4.74 Å². The van der Waals surface area contributed by atoms with Gasteiger partial charge in [-0.25, -0.2) is 4.39 Å². The van der Waals surface area contributed by atoms with Crippen molar-refractivity contribution in [1.29, 1.82) is 0 Å². The van der Waals surface area contributed by atoms with Gasteiger partial charge < -0.3 is 4.74 Å². The van der Waals surface area contributed by atoms with Crippen molar-refractivity contribution in [2.24, 2.45) is 0 Å². The highest BCUT2D eigenvalue weighted by molar-refractivity contribution is 5.69. The first-order chi connectivity index (χ1) is 8.70. The summed E-state index contributed by atoms with van der Waals surface area (Å²) in [5, 5.41) is 0. The summed E-state index contributed by atoms with van der Waals surface area (Å²) in [6.45, 7) is 0.870. The van der Waals surface area contributed by atoms with Crippen LogP contribution in [0.5, 0.6) is 0 Å². The first kappa shape index (κ1) is 18.8. The van der Waals surface area contributed by atoms with Crippen molar-refractivity contribution in [2.45, 2.75) is 43.7 Å². The summed E-state index contributed by atoms with van der Waals surface area (Å²) in [6, 6.07) is 0. The number of halogens is 9. The van der Waals surface area contributed by atoms with E-state index in [0.717, 1.165) is 0 Å². The SMILES string of the molecule is CCOC(=O)CCC(F)(C(F)(F)F)C(F)(F)C(F)(F)F. The molecule has 0 aromatic rings. The number of carbonyl (C=O) groups is 1. The van der Waals surface area contributed by atoms with Gasteiger partial charge in [0.1, 0.15) is 0 Å². The van der Waals surface area contributed by atoms with E-state index in [1.165, 1.54) is 6.92 Å². The Bertz CT molecular complexity index is 346. The van der Waals surface area contributed by atoms with Gasteiger partial charge in [-0.15, -0.1) is 0 Å². The highest BCUT2D eigenvalue weighted by Crippen LogP contribution is 2.54. The van der Waals surface area contributed by atoms with Gasteiger partial charge in [0.25, 0.3) is 5.67 Å². The van der Waals surface area contributed by atoms with Crippen molar-refractivity contribution in [3.63, 3.8) is 0 Å². The van der Waals surface area contributed by atoms with Gasteiger partial charge in [-0.1, -0.05) is 0 Å². The Morgan fingerprint density at radius 1 is 0.900 bits per heavy atom. The summed E-state index contributed by atoms with van der Waals surface area (Å²) in [7, 11) is 0. The van der Waals surface area contributed by atoms with Crippen LogP contribution in [0.3, 0.4) is 0 Å². The van der Waals surface area contributed by atoms with Crippen molar-refractivity contribution in [3.05, 3.63) is 0 Å². The Hall–Kier alpha value is -1.16. The van der Waals surface area contributed by atoms with Gasteiger partial charge in [0, 0.05) is 12.8 Å². The third kappa shape index (κ3) is 3.48. The second kappa shape index (κ2) is 5.68. The van der Waals surface area contributed by atoms with Crippen molar-refractivity contribution in [1.82, 2.24) is 0 Å². The van der Waals surface area contributed by atoms with E-state index in [-0.39, 0.29) is 6.61 Å². The number of hydrogen-bond donors (Lipinski definition) is 0. The minimum absolute atomic E-state index is 0.347. The zero-order chi connectivity index (χ0) is 16.4. The van der Waals surface area contributed by atoms with Crippen LogP contribution in [0.4, 0.5) is 39.5 Å². The fourth-order valence-electron chi connectivity index (χ4n) is 1.21. The molecule has 0 saturated carbocycles. The Kier molecular flexibility index (Phi) is 5.35. The summed E-state index contributed by atoms with van der Waals surface area (Å²) >= 11 is 0. The zero-order valence-corrected chi connectivity index (χ0v) is 9.84. The summed E-state index contributed by atoms with van der Waals surface area (Å²) in [4.78, 5) is 10.7. The minimum atomic E-state index is -6.76. The second-order valence-electron chi connectivity index (χ2n) is 3.68. The van der Waals surface area contributed by atoms with Gasteiger partial charge >= 0.3 is 24.2 Å². The molecule has 0 N–H and O–H groups in total. The van der Waals surface area contributed by atoms with E-state index in [9.17, 15) is 44.3 Å². The van der Waals surface area contributed by atoms with Crippen LogP contribution in [-0.2, 0) is 9.53 Å². The Balaban J connectivity index is 5.40. The molecule has 0 aliphatic rings. The lowest BCUT2D eigenvalue weighted by Crippen LogP contribution is -2.62. The van der Waals surface area contributed by atoms with Gasteiger partial charge in [-0.2, -0.15) is 35.1 Å². The average Bonchev–Trinajstić information content (AvgIpc) is 2.22. The van der Waals surface area contributed by atoms with E-state index >= 15 is 0 Å². The summed E-state index contributed by atoms with van der Waals surface area (Å²) in [5.74, 6) is -8.21. The molecule has 11 heteroatoms. The Labute approximate surface area is 106 Å². The molecule has 0 saturated heterocycles. The van der Waals surface area contributed by atoms with Crippen LogP contribution in [0.15, 0.2) is 0 Å². The number of rotatable bonds is 5. The molecule has 0 fully saturated rings. The fraction of sp³-hybridized carbons (Fsp3) is 0.889. The molecule has 1 atom stereocenters. The lowest BCUT2D eigenvalue weighted by atomic mass is 9.90. The molecule has 0 radical (unpaired) electrons. The largest absolute Gasteiger partial charge is 0.466 e. The molecule has 1 unspecified atom stereocenters. The maximum atomic E-state index is 13.4. The predicted octanol–water partition coefficient (Wildman–Crippen LogP) is 3.80. The molecular weight excluding hydrogens is 311 g/mol. The van der Waals surface area contributed by atoms with Crippen LogP contribution in [0.2, 0.25) is 0 Å². The minimum Gasteiger partial charge on any atom is -0.466 e. The Morgan fingerprint density at radius 2 is 1.35 bits per heavy atom. The highest BCUT2D eigenvalue weighted by Gasteiger charge is 2.80. The summed E-state index contributed by atoms with van der Waals surface area (Å²) in [5.41, 5.74) is -5.91. The van der Waals surface area contributed by atoms with Crippen LogP contribution >= 0.6 is 0 Å². The topological polar surface area (TPSA) is 26.3 Å². The van der Waals surface area contributed by atoms with Crippen LogP contribution in [0.1, 0.15) is 19.8 Å². The lowest BCUT2D eigenvalue weighted by molar-refractivity contribution is -0.384. The quantitative estimate of drug-likeness (QED) is 0.569. The van der Waals surface area contributed by atoms with Crippen molar-refractivity contribution < 1.29 is 49.0 Å². The molecule has 120 valence electrons. The van der Waals surface area contributed by atoms with E-state index in [1.807, 2.05) is 0 Å². The molecule has 0 heterocycles. The van der Waals surface area contributed by atoms with Gasteiger partial charge in [0.05, 0.1) is 6.61 Å². The number of hydrogen-bond acceptors (Lipinski definition) is 2. The fourth-order valence-corrected chi connectivity index (χ4v) is 1.21. The van der Waals surface area contributed by atoms with Gasteiger partial charge in [-0.3, -0.25) is 4.79 Å². The molecule has 0 amide bonds. The van der Waals surface area contributed by atoms with E-state index in [0.29, 0.717) is 0 Å². The summed E-state index contributed by atoms with van der Waals surface area (Å²) < 4.78 is 115. The summed E-state index contributed by atoms with van der Waals surface area (Å²) in [6.07, 6.45) is -17.2. The molecule has 0 aromatic carbocycles. The molecule has 0 aliphatic carbocycles. The van der Waals surface area contributed by atoms with Crippen LogP contribution < -0.4 is 0 Å². The van der Waals surface area contributed by atoms with Crippen LogP contribution in [0, 0.1) is 0 Å². The van der Waals surface area contributed by atoms with Gasteiger partial charge in [-0.05, 0) is 6.92 Å². The van der Waals surface area contributed by atoms with Crippen molar-refractivity contribution in [3.8, 4) is 0 Å². The molecule has 0 aromatic heterocycles. The monoisotopic (exact) mass is 320 g/mol. The lowest BCUT2D eigenvalue weighted by Gasteiger charge is -2.35. The molecule has 0 spiro atoms. The Morgan fingerprint density at radius 3 is 1.65 bits per heavy atom. The second-order valence-corrected chi connectivity index (χ2v) is 3.68. The smallest absolute Gasteiger partial charge is 0.457 e. The van der Waals surface area contributed by atoms with E-state index in [4.69, 9.17) is 0 Å². The predicted molar refractivity (Wildman–Crippen MR) is 46.8 cm³/mol. The first-order valence-corrected chi connectivity index (χ1v) is 5.06. The number of carbonyl (C=O) groups excluding carboxylic acids is 1. The molecule has 0 bridgehead atoms. The third-order valence-corrected chi connectivity index (χ3v) is 2.28. The van der Waals surface area contributed by atoms with Gasteiger partial charge in [0.15, 0.2) is 0 Å². The molecular formula is C9H9F9O2. The van der Waals surface area contributed by atoms with Gasteiger partial charge in [0.2, 0.25) is 0 Å². The molecule has 20 heavy (non-hydrogen) atoms. The normalized spacial score (nSPS) is 16.7.